The molecule has 0 bridgehead atoms. The summed E-state index contributed by atoms with van der Waals surface area (Å²) in [5.74, 6) is -0.203. The van der Waals surface area contributed by atoms with Gasteiger partial charge in [0.15, 0.2) is 11.5 Å². The molecule has 3 heterocycles. The molecule has 1 N–H and O–H groups in total. The lowest BCUT2D eigenvalue weighted by molar-refractivity contribution is 0.0529. The quantitative estimate of drug-likeness (QED) is 0.447. The number of carbonyl (C=O) groups excluding carboxylic acids is 2. The minimum absolute atomic E-state index is 0.0702. The van der Waals surface area contributed by atoms with Crippen molar-refractivity contribution in [1.82, 2.24) is 5.16 Å². The Morgan fingerprint density at radius 2 is 1.97 bits per heavy atom. The van der Waals surface area contributed by atoms with E-state index in [1.54, 1.807) is 19.1 Å². The smallest absolute Gasteiger partial charge is 0.341 e. The number of amides is 1. The molecular formula is C21H16N2O5S. The number of hydrogen-bond acceptors (Lipinski definition) is 7. The Hall–Kier alpha value is -3.65. The van der Waals surface area contributed by atoms with Gasteiger partial charge in [-0.15, -0.1) is 11.3 Å². The molecule has 4 aromatic rings. The average Bonchev–Trinajstić information content (AvgIpc) is 3.48. The normalized spacial score (nSPS) is 10.7. The van der Waals surface area contributed by atoms with Crippen molar-refractivity contribution >= 4 is 28.2 Å². The Morgan fingerprint density at radius 3 is 2.69 bits per heavy atom. The summed E-state index contributed by atoms with van der Waals surface area (Å²) in [6, 6.07) is 14.3. The van der Waals surface area contributed by atoms with Crippen molar-refractivity contribution < 1.29 is 23.3 Å². The van der Waals surface area contributed by atoms with Gasteiger partial charge in [0.2, 0.25) is 5.76 Å². The summed E-state index contributed by atoms with van der Waals surface area (Å²) >= 11 is 1.24. The number of nitrogens with zero attached hydrogens (tertiary/aromatic N) is 1. The van der Waals surface area contributed by atoms with Crippen molar-refractivity contribution in [1.29, 1.82) is 0 Å². The van der Waals surface area contributed by atoms with Crippen LogP contribution in [-0.2, 0) is 4.74 Å². The van der Waals surface area contributed by atoms with E-state index in [1.807, 2.05) is 35.7 Å². The average molecular weight is 408 g/mol. The van der Waals surface area contributed by atoms with E-state index in [0.717, 1.165) is 5.56 Å². The number of benzene rings is 1. The Balaban J connectivity index is 1.64. The molecule has 0 atom stereocenters. The van der Waals surface area contributed by atoms with E-state index in [9.17, 15) is 9.59 Å². The van der Waals surface area contributed by atoms with Crippen LogP contribution in [0.25, 0.3) is 22.6 Å². The largest absolute Gasteiger partial charge is 0.462 e. The fourth-order valence-electron chi connectivity index (χ4n) is 2.77. The summed E-state index contributed by atoms with van der Waals surface area (Å²) in [6.45, 7) is 1.96. The number of nitrogens with one attached hydrogen (secondary N) is 1. The highest BCUT2D eigenvalue weighted by molar-refractivity contribution is 7.15. The molecule has 7 nitrogen and oxygen atoms in total. The second kappa shape index (κ2) is 8.15. The summed E-state index contributed by atoms with van der Waals surface area (Å²) in [5, 5.41) is 8.72. The summed E-state index contributed by atoms with van der Waals surface area (Å²) in [4.78, 5) is 25.3. The fourth-order valence-corrected chi connectivity index (χ4v) is 3.72. The van der Waals surface area contributed by atoms with Crippen LogP contribution in [0.1, 0.15) is 27.8 Å². The Morgan fingerprint density at radius 1 is 1.14 bits per heavy atom. The van der Waals surface area contributed by atoms with Gasteiger partial charge in [0.25, 0.3) is 5.91 Å². The maximum Gasteiger partial charge on any atom is 0.341 e. The Bertz CT molecular complexity index is 1130. The highest BCUT2D eigenvalue weighted by atomic mass is 32.1. The highest BCUT2D eigenvalue weighted by Crippen LogP contribution is 2.36. The highest BCUT2D eigenvalue weighted by Gasteiger charge is 2.24. The van der Waals surface area contributed by atoms with Gasteiger partial charge in [-0.2, -0.15) is 0 Å². The van der Waals surface area contributed by atoms with Crippen LogP contribution in [0.4, 0.5) is 5.00 Å². The molecule has 1 amide bonds. The summed E-state index contributed by atoms with van der Waals surface area (Å²) in [6.07, 6.45) is 1.50. The zero-order chi connectivity index (χ0) is 20.2. The Kier molecular flexibility index (Phi) is 5.26. The van der Waals surface area contributed by atoms with Gasteiger partial charge < -0.3 is 19.0 Å². The maximum absolute atomic E-state index is 12.7. The van der Waals surface area contributed by atoms with Crippen molar-refractivity contribution in [3.8, 4) is 22.6 Å². The van der Waals surface area contributed by atoms with E-state index in [4.69, 9.17) is 13.7 Å². The number of anilines is 1. The van der Waals surface area contributed by atoms with E-state index in [0.29, 0.717) is 27.6 Å². The van der Waals surface area contributed by atoms with Crippen molar-refractivity contribution in [2.24, 2.45) is 0 Å². The van der Waals surface area contributed by atoms with Crippen molar-refractivity contribution in [3.05, 3.63) is 71.4 Å². The molecule has 4 rings (SSSR count). The summed E-state index contributed by atoms with van der Waals surface area (Å²) < 4.78 is 15.6. The first-order chi connectivity index (χ1) is 14.2. The molecule has 0 saturated heterocycles. The Labute approximate surface area is 169 Å². The zero-order valence-electron chi connectivity index (χ0n) is 15.4. The van der Waals surface area contributed by atoms with Gasteiger partial charge in [-0.25, -0.2) is 4.79 Å². The van der Waals surface area contributed by atoms with Gasteiger partial charge in [0.05, 0.1) is 12.9 Å². The van der Waals surface area contributed by atoms with Crippen LogP contribution in [0.3, 0.4) is 0 Å². The van der Waals surface area contributed by atoms with E-state index >= 15 is 0 Å². The first kappa shape index (κ1) is 18.7. The first-order valence-electron chi connectivity index (χ1n) is 8.83. The maximum atomic E-state index is 12.7. The number of esters is 1. The number of ether oxygens (including phenoxy) is 1. The molecule has 1 aromatic carbocycles. The predicted molar refractivity (Wildman–Crippen MR) is 108 cm³/mol. The van der Waals surface area contributed by atoms with Crippen molar-refractivity contribution in [3.63, 3.8) is 0 Å². The van der Waals surface area contributed by atoms with E-state index in [-0.39, 0.29) is 12.3 Å². The van der Waals surface area contributed by atoms with Crippen LogP contribution in [0, 0.1) is 0 Å². The minimum Gasteiger partial charge on any atom is -0.462 e. The van der Waals surface area contributed by atoms with Gasteiger partial charge >= 0.3 is 5.97 Å². The fraction of sp³-hybridized carbons (Fsp3) is 0.0952. The van der Waals surface area contributed by atoms with Crippen molar-refractivity contribution in [2.75, 3.05) is 11.9 Å². The lowest BCUT2D eigenvalue weighted by Crippen LogP contribution is -2.15. The molecule has 0 spiro atoms. The summed E-state index contributed by atoms with van der Waals surface area (Å²) in [7, 11) is 0. The second-order valence-corrected chi connectivity index (χ2v) is 6.83. The first-order valence-corrected chi connectivity index (χ1v) is 9.71. The molecule has 0 radical (unpaired) electrons. The molecule has 8 heteroatoms. The van der Waals surface area contributed by atoms with Crippen molar-refractivity contribution in [2.45, 2.75) is 6.92 Å². The second-order valence-electron chi connectivity index (χ2n) is 5.95. The molecule has 0 saturated carbocycles. The number of thiophene rings is 1. The van der Waals surface area contributed by atoms with Gasteiger partial charge in [0, 0.05) is 17.0 Å². The molecule has 0 aliphatic carbocycles. The van der Waals surface area contributed by atoms with Crippen LogP contribution >= 0.6 is 11.3 Å². The molecule has 0 fully saturated rings. The summed E-state index contributed by atoms with van der Waals surface area (Å²) in [5.41, 5.74) is 1.93. The number of furan rings is 1. The molecule has 0 aliphatic rings. The van der Waals surface area contributed by atoms with Crippen LogP contribution in [0.5, 0.6) is 0 Å². The molecular weight excluding hydrogens is 392 g/mol. The SMILES string of the molecule is CCOC(=O)c1c(-c2ccccc2)csc1NC(=O)c1cc(-c2ccco2)on1. The van der Waals surface area contributed by atoms with E-state index in [1.165, 1.54) is 23.7 Å². The monoisotopic (exact) mass is 408 g/mol. The van der Waals surface area contributed by atoms with Crippen LogP contribution in [-0.4, -0.2) is 23.6 Å². The minimum atomic E-state index is -0.501. The van der Waals surface area contributed by atoms with E-state index < -0.39 is 11.9 Å². The lowest BCUT2D eigenvalue weighted by atomic mass is 10.0. The van der Waals surface area contributed by atoms with Crippen LogP contribution in [0.15, 0.2) is 69.1 Å². The van der Waals surface area contributed by atoms with Gasteiger partial charge in [-0.05, 0) is 24.6 Å². The number of aromatic nitrogens is 1. The molecule has 0 aliphatic heterocycles. The third-order valence-electron chi connectivity index (χ3n) is 4.09. The van der Waals surface area contributed by atoms with Gasteiger partial charge in [0.1, 0.15) is 10.6 Å². The van der Waals surface area contributed by atoms with Gasteiger partial charge in [-0.3, -0.25) is 4.79 Å². The predicted octanol–water partition coefficient (Wildman–Crippen LogP) is 5.09. The van der Waals surface area contributed by atoms with Crippen LogP contribution in [0.2, 0.25) is 0 Å². The standard InChI is InChI=1S/C21H16N2O5S/c1-2-26-21(25)18-14(13-7-4-3-5-8-13)12-29-20(18)22-19(24)15-11-17(28-23-15)16-9-6-10-27-16/h3-12H,2H2,1H3,(H,22,24). The molecule has 3 aromatic heterocycles. The third kappa shape index (κ3) is 3.83. The lowest BCUT2D eigenvalue weighted by Gasteiger charge is -2.08. The topological polar surface area (TPSA) is 94.6 Å². The third-order valence-corrected chi connectivity index (χ3v) is 4.98. The number of hydrogen-bond donors (Lipinski definition) is 1. The molecule has 146 valence electrons. The zero-order valence-corrected chi connectivity index (χ0v) is 16.2. The molecule has 0 unspecified atom stereocenters. The van der Waals surface area contributed by atoms with Crippen LogP contribution < -0.4 is 5.32 Å². The van der Waals surface area contributed by atoms with Gasteiger partial charge in [-0.1, -0.05) is 35.5 Å². The van der Waals surface area contributed by atoms with E-state index in [2.05, 4.69) is 10.5 Å². The number of carbonyl (C=O) groups is 2. The number of rotatable bonds is 6. The molecule has 29 heavy (non-hydrogen) atoms.